The average Bonchev–Trinajstić information content (AvgIpc) is 2.96. The molecule has 5 nitrogen and oxygen atoms in total. The van der Waals surface area contributed by atoms with Crippen LogP contribution in [-0.2, 0) is 24.1 Å². The molecule has 0 heterocycles. The molecule has 0 aromatic heterocycles. The average molecular weight is 597 g/mol. The Labute approximate surface area is 261 Å². The molecule has 0 saturated heterocycles. The van der Waals surface area contributed by atoms with Crippen molar-refractivity contribution < 1.29 is 24.1 Å². The van der Waals surface area contributed by atoms with Gasteiger partial charge in [0.2, 0.25) is 0 Å². The second-order valence-electron chi connectivity index (χ2n) is 13.3. The number of carbonyl (C=O) groups is 2. The van der Waals surface area contributed by atoms with Crippen LogP contribution in [0.15, 0.2) is 0 Å². The van der Waals surface area contributed by atoms with Crippen molar-refractivity contribution in [2.24, 2.45) is 0 Å². The summed E-state index contributed by atoms with van der Waals surface area (Å²) >= 11 is 0. The minimum Gasteiger partial charge on any atom is -0.466 e. The zero-order valence-corrected chi connectivity index (χ0v) is 28.8. The summed E-state index contributed by atoms with van der Waals surface area (Å²) in [5.41, 5.74) is -0.679. The summed E-state index contributed by atoms with van der Waals surface area (Å²) in [4.78, 5) is 34.5. The largest absolute Gasteiger partial charge is 0.466 e. The number of hydrogen-bond donors (Lipinski definition) is 0. The Balaban J connectivity index is 3.52. The highest BCUT2D eigenvalue weighted by Crippen LogP contribution is 2.18. The van der Waals surface area contributed by atoms with Gasteiger partial charge in [-0.25, -0.2) is 4.79 Å². The van der Waals surface area contributed by atoms with Crippen molar-refractivity contribution in [3.8, 4) is 0 Å². The van der Waals surface area contributed by atoms with E-state index in [9.17, 15) is 9.59 Å². The van der Waals surface area contributed by atoms with Crippen LogP contribution in [-0.4, -0.2) is 24.1 Å². The monoisotopic (exact) mass is 597 g/mol. The topological polar surface area (TPSA) is 61.8 Å². The first-order valence-electron chi connectivity index (χ1n) is 18.5. The zero-order valence-electron chi connectivity index (χ0n) is 28.8. The van der Waals surface area contributed by atoms with Gasteiger partial charge in [0.1, 0.15) is 5.60 Å². The Bertz CT molecular complexity index is 589. The van der Waals surface area contributed by atoms with Crippen LogP contribution in [0.3, 0.4) is 0 Å². The molecule has 0 aliphatic carbocycles. The third-order valence-corrected chi connectivity index (χ3v) is 8.30. The number of hydrogen-bond acceptors (Lipinski definition) is 5. The molecule has 0 aliphatic heterocycles. The molecule has 0 amide bonds. The summed E-state index contributed by atoms with van der Waals surface area (Å²) in [6.45, 7) is 8.52. The highest BCUT2D eigenvalue weighted by Gasteiger charge is 2.23. The van der Waals surface area contributed by atoms with Gasteiger partial charge in [0.15, 0.2) is 0 Å². The van der Waals surface area contributed by atoms with Crippen LogP contribution in [0.1, 0.15) is 214 Å². The van der Waals surface area contributed by atoms with Crippen LogP contribution in [0.5, 0.6) is 0 Å². The van der Waals surface area contributed by atoms with Crippen LogP contribution < -0.4 is 0 Å². The molecule has 250 valence electrons. The van der Waals surface area contributed by atoms with Gasteiger partial charge in [0, 0.05) is 19.3 Å². The van der Waals surface area contributed by atoms with Gasteiger partial charge >= 0.3 is 11.9 Å². The Morgan fingerprint density at radius 3 is 1.12 bits per heavy atom. The first-order valence-corrected chi connectivity index (χ1v) is 18.5. The van der Waals surface area contributed by atoms with E-state index >= 15 is 0 Å². The smallest absolute Gasteiger partial charge is 0.342 e. The molecule has 0 atom stereocenters. The van der Waals surface area contributed by atoms with E-state index in [1.165, 1.54) is 141 Å². The lowest BCUT2D eigenvalue weighted by Crippen LogP contribution is -2.28. The highest BCUT2D eigenvalue weighted by atomic mass is 17.2. The molecule has 0 radical (unpaired) electrons. The Morgan fingerprint density at radius 1 is 0.452 bits per heavy atom. The van der Waals surface area contributed by atoms with Gasteiger partial charge in [-0.2, -0.15) is 4.89 Å². The summed E-state index contributed by atoms with van der Waals surface area (Å²) in [6.07, 6.45) is 34.8. The fourth-order valence-electron chi connectivity index (χ4n) is 5.30. The maximum atomic E-state index is 12.1. The van der Waals surface area contributed by atoms with E-state index in [1.807, 2.05) is 13.8 Å². The van der Waals surface area contributed by atoms with E-state index in [-0.39, 0.29) is 18.5 Å². The normalized spacial score (nSPS) is 11.6. The van der Waals surface area contributed by atoms with Gasteiger partial charge in [0.25, 0.3) is 0 Å². The molecule has 0 N–H and O–H groups in total. The Kier molecular flexibility index (Phi) is 30.5. The van der Waals surface area contributed by atoms with E-state index in [2.05, 4.69) is 13.8 Å². The minimum absolute atomic E-state index is 0.145. The predicted octanol–water partition coefficient (Wildman–Crippen LogP) is 12.1. The summed E-state index contributed by atoms with van der Waals surface area (Å²) in [6, 6.07) is 0. The standard InChI is InChI=1S/C37H72O5/c1-5-7-9-11-13-15-17-19-21-23-25-27-29-31-35(38)40-34-33-37(3,4)42-41-36(39)32-30-28-26-24-22-20-18-16-14-12-10-8-6-2/h5-34H2,1-4H3. The summed E-state index contributed by atoms with van der Waals surface area (Å²) in [5.74, 6) is -0.459. The zero-order chi connectivity index (χ0) is 31.0. The van der Waals surface area contributed by atoms with Crippen molar-refractivity contribution in [2.75, 3.05) is 6.61 Å². The van der Waals surface area contributed by atoms with Crippen molar-refractivity contribution >= 4 is 11.9 Å². The molecular formula is C37H72O5. The number of esters is 1. The molecule has 0 rings (SSSR count). The van der Waals surface area contributed by atoms with Crippen LogP contribution in [0.4, 0.5) is 0 Å². The summed E-state index contributed by atoms with van der Waals surface area (Å²) in [7, 11) is 0. The predicted molar refractivity (Wildman–Crippen MR) is 177 cm³/mol. The van der Waals surface area contributed by atoms with Crippen molar-refractivity contribution in [3.63, 3.8) is 0 Å². The van der Waals surface area contributed by atoms with Crippen molar-refractivity contribution in [3.05, 3.63) is 0 Å². The molecule has 42 heavy (non-hydrogen) atoms. The summed E-state index contributed by atoms with van der Waals surface area (Å²) in [5, 5.41) is 0. The molecule has 5 heteroatoms. The molecule has 0 saturated carbocycles. The number of rotatable bonds is 33. The van der Waals surface area contributed by atoms with Gasteiger partial charge < -0.3 is 4.74 Å². The van der Waals surface area contributed by atoms with Crippen LogP contribution >= 0.6 is 0 Å². The molecule has 0 fully saturated rings. The van der Waals surface area contributed by atoms with E-state index in [4.69, 9.17) is 14.5 Å². The van der Waals surface area contributed by atoms with Gasteiger partial charge in [-0.15, -0.1) is 0 Å². The Hall–Kier alpha value is -1.10. The maximum absolute atomic E-state index is 12.1. The van der Waals surface area contributed by atoms with Gasteiger partial charge in [0.05, 0.1) is 6.61 Å². The lowest BCUT2D eigenvalue weighted by Gasteiger charge is -2.22. The summed E-state index contributed by atoms with van der Waals surface area (Å²) < 4.78 is 5.39. The minimum atomic E-state index is -0.679. The highest BCUT2D eigenvalue weighted by molar-refractivity contribution is 5.69. The molecule has 0 aromatic carbocycles. The SMILES string of the molecule is CCCCCCCCCCCCCCCC(=O)OCCC(C)(C)OOC(=O)CCCCCCCCCCCCCCC. The van der Waals surface area contributed by atoms with Crippen LogP contribution in [0.2, 0.25) is 0 Å². The third kappa shape index (κ3) is 31.8. The molecule has 0 unspecified atom stereocenters. The molecule has 0 aromatic rings. The lowest BCUT2D eigenvalue weighted by atomic mass is 10.0. The quantitative estimate of drug-likeness (QED) is 0.0326. The first kappa shape index (κ1) is 40.9. The molecule has 0 bridgehead atoms. The van der Waals surface area contributed by atoms with Crippen molar-refractivity contribution in [1.29, 1.82) is 0 Å². The van der Waals surface area contributed by atoms with Gasteiger partial charge in [-0.3, -0.25) is 9.68 Å². The first-order chi connectivity index (χ1) is 20.4. The number of ether oxygens (including phenoxy) is 1. The number of carbonyl (C=O) groups excluding carboxylic acids is 2. The van der Waals surface area contributed by atoms with E-state index in [0.717, 1.165) is 25.7 Å². The third-order valence-electron chi connectivity index (χ3n) is 8.30. The maximum Gasteiger partial charge on any atom is 0.342 e. The van der Waals surface area contributed by atoms with Crippen molar-refractivity contribution in [2.45, 2.75) is 219 Å². The lowest BCUT2D eigenvalue weighted by molar-refractivity contribution is -0.327. The van der Waals surface area contributed by atoms with Crippen LogP contribution in [0, 0.1) is 0 Å². The van der Waals surface area contributed by atoms with E-state index in [0.29, 0.717) is 19.3 Å². The molecule has 0 spiro atoms. The molecule has 0 aliphatic rings. The molecular weight excluding hydrogens is 524 g/mol. The second kappa shape index (κ2) is 31.3. The number of unbranched alkanes of at least 4 members (excludes halogenated alkanes) is 24. The van der Waals surface area contributed by atoms with E-state index in [1.54, 1.807) is 0 Å². The second-order valence-corrected chi connectivity index (χ2v) is 13.3. The van der Waals surface area contributed by atoms with Crippen LogP contribution in [0.25, 0.3) is 0 Å². The Morgan fingerprint density at radius 2 is 0.762 bits per heavy atom. The fraction of sp³-hybridized carbons (Fsp3) is 0.946. The van der Waals surface area contributed by atoms with Gasteiger partial charge in [-0.05, 0) is 26.7 Å². The van der Waals surface area contributed by atoms with E-state index < -0.39 is 5.60 Å². The van der Waals surface area contributed by atoms with Crippen molar-refractivity contribution in [1.82, 2.24) is 0 Å². The van der Waals surface area contributed by atoms with Gasteiger partial charge in [-0.1, -0.05) is 168 Å². The fourth-order valence-corrected chi connectivity index (χ4v) is 5.30.